The first-order valence-corrected chi connectivity index (χ1v) is 14.2. The van der Waals surface area contributed by atoms with E-state index in [0.29, 0.717) is 21.9 Å². The molecule has 0 spiro atoms. The van der Waals surface area contributed by atoms with Gasteiger partial charge in [-0.1, -0.05) is 103 Å². The summed E-state index contributed by atoms with van der Waals surface area (Å²) in [7, 11) is -3.96. The molecule has 1 aliphatic heterocycles. The van der Waals surface area contributed by atoms with Crippen LogP contribution in [0.1, 0.15) is 17.2 Å². The second-order valence-electron chi connectivity index (χ2n) is 9.09. The highest BCUT2D eigenvalue weighted by molar-refractivity contribution is 7.93. The molecule has 0 aliphatic carbocycles. The molecule has 1 aromatic heterocycles. The van der Waals surface area contributed by atoms with Gasteiger partial charge >= 0.3 is 0 Å². The minimum Gasteiger partial charge on any atom is -0.366 e. The number of hydrazone groups is 1. The van der Waals surface area contributed by atoms with Gasteiger partial charge in [-0.3, -0.25) is 5.01 Å². The first-order valence-electron chi connectivity index (χ1n) is 12.2. The first-order chi connectivity index (χ1) is 18.5. The lowest BCUT2D eigenvalue weighted by Gasteiger charge is -2.28. The van der Waals surface area contributed by atoms with Crippen molar-refractivity contribution in [3.8, 4) is 11.1 Å². The molecule has 2 unspecified atom stereocenters. The summed E-state index contributed by atoms with van der Waals surface area (Å²) in [5.41, 5.74) is 4.30. The van der Waals surface area contributed by atoms with Crippen LogP contribution in [0, 0.1) is 0 Å². The average molecular weight is 538 g/mol. The van der Waals surface area contributed by atoms with E-state index >= 15 is 0 Å². The smallest absolute Gasteiger partial charge is 0.191 e. The molecular formula is C31H24ClN3O2S. The largest absolute Gasteiger partial charge is 0.366 e. The predicted octanol–water partition coefficient (Wildman–Crippen LogP) is 7.14. The van der Waals surface area contributed by atoms with Gasteiger partial charge in [0, 0.05) is 23.0 Å². The van der Waals surface area contributed by atoms with Gasteiger partial charge in [-0.05, 0) is 41.0 Å². The first kappa shape index (κ1) is 24.2. The van der Waals surface area contributed by atoms with Crippen molar-refractivity contribution in [3.63, 3.8) is 0 Å². The van der Waals surface area contributed by atoms with Crippen LogP contribution in [0.5, 0.6) is 0 Å². The second kappa shape index (κ2) is 9.97. The van der Waals surface area contributed by atoms with Crippen molar-refractivity contribution in [2.75, 3.05) is 5.01 Å². The molecule has 188 valence electrons. The van der Waals surface area contributed by atoms with Crippen LogP contribution in [-0.2, 0) is 9.84 Å². The lowest BCUT2D eigenvalue weighted by molar-refractivity contribution is 0.578. The fourth-order valence-electron chi connectivity index (χ4n) is 5.00. The van der Waals surface area contributed by atoms with E-state index in [0.717, 1.165) is 16.8 Å². The van der Waals surface area contributed by atoms with Crippen LogP contribution >= 0.6 is 11.6 Å². The van der Waals surface area contributed by atoms with E-state index in [2.05, 4.69) is 4.98 Å². The summed E-state index contributed by atoms with van der Waals surface area (Å²) in [6.07, 6.45) is 3.31. The van der Waals surface area contributed by atoms with Crippen molar-refractivity contribution < 1.29 is 8.42 Å². The molecule has 2 heterocycles. The molecule has 0 saturated heterocycles. The molecule has 2 atom stereocenters. The van der Waals surface area contributed by atoms with E-state index < -0.39 is 21.1 Å². The number of para-hydroxylation sites is 1. The Morgan fingerprint density at radius 2 is 1.32 bits per heavy atom. The zero-order valence-electron chi connectivity index (χ0n) is 20.3. The number of rotatable bonds is 6. The van der Waals surface area contributed by atoms with Gasteiger partial charge in [-0.2, -0.15) is 5.10 Å². The van der Waals surface area contributed by atoms with E-state index in [-0.39, 0.29) is 4.90 Å². The Labute approximate surface area is 227 Å². The van der Waals surface area contributed by atoms with Gasteiger partial charge in [0.2, 0.25) is 0 Å². The third kappa shape index (κ3) is 4.32. The van der Waals surface area contributed by atoms with E-state index in [9.17, 15) is 8.42 Å². The van der Waals surface area contributed by atoms with Crippen molar-refractivity contribution in [1.29, 1.82) is 0 Å². The van der Waals surface area contributed by atoms with Gasteiger partial charge in [-0.25, -0.2) is 8.42 Å². The highest BCUT2D eigenvalue weighted by Crippen LogP contribution is 2.43. The van der Waals surface area contributed by atoms with Crippen LogP contribution in [0.15, 0.2) is 138 Å². The lowest BCUT2D eigenvalue weighted by Crippen LogP contribution is -2.37. The Kier molecular flexibility index (Phi) is 6.35. The number of aromatic nitrogens is 1. The maximum absolute atomic E-state index is 14.7. The summed E-state index contributed by atoms with van der Waals surface area (Å²) in [5, 5.41) is 6.41. The standard InChI is InChI=1S/C31H24ClN3O2S/c32-25-18-16-23(17-19-25)29-31(38(36,37)28-21-33-20-27(28)22-10-4-1-5-11-22)30(24-12-6-2-7-13-24)35(34-29)26-14-8-3-9-15-26/h1-21,30-31,33H. The molecule has 1 N–H and O–H groups in total. The minimum absolute atomic E-state index is 0.242. The minimum atomic E-state index is -3.96. The van der Waals surface area contributed by atoms with Gasteiger partial charge in [0.15, 0.2) is 9.84 Å². The van der Waals surface area contributed by atoms with Crippen molar-refractivity contribution in [2.24, 2.45) is 5.10 Å². The summed E-state index contributed by atoms with van der Waals surface area (Å²) in [6.45, 7) is 0. The van der Waals surface area contributed by atoms with Crippen LogP contribution in [0.3, 0.4) is 0 Å². The van der Waals surface area contributed by atoms with Gasteiger partial charge < -0.3 is 4.98 Å². The summed E-state index contributed by atoms with van der Waals surface area (Å²) < 4.78 is 29.5. The quantitative estimate of drug-likeness (QED) is 0.250. The van der Waals surface area contributed by atoms with Crippen LogP contribution in [0.25, 0.3) is 11.1 Å². The molecule has 1 aliphatic rings. The number of sulfone groups is 1. The predicted molar refractivity (Wildman–Crippen MR) is 153 cm³/mol. The molecular weight excluding hydrogens is 514 g/mol. The van der Waals surface area contributed by atoms with Crippen molar-refractivity contribution in [1.82, 2.24) is 4.98 Å². The van der Waals surface area contributed by atoms with Gasteiger partial charge in [0.1, 0.15) is 11.3 Å². The molecule has 0 bridgehead atoms. The Hall–Kier alpha value is -4.13. The molecule has 7 heteroatoms. The lowest BCUT2D eigenvalue weighted by atomic mass is 9.97. The molecule has 0 fully saturated rings. The van der Waals surface area contributed by atoms with Gasteiger partial charge in [-0.15, -0.1) is 0 Å². The fraction of sp³-hybridized carbons (Fsp3) is 0.0645. The van der Waals surface area contributed by atoms with E-state index in [1.54, 1.807) is 24.5 Å². The molecule has 5 aromatic rings. The van der Waals surface area contributed by atoms with Gasteiger partial charge in [0.05, 0.1) is 16.3 Å². The monoisotopic (exact) mass is 537 g/mol. The molecule has 0 saturated carbocycles. The van der Waals surface area contributed by atoms with E-state index in [1.165, 1.54) is 0 Å². The van der Waals surface area contributed by atoms with Crippen LogP contribution in [0.2, 0.25) is 5.02 Å². The fourth-order valence-corrected chi connectivity index (χ4v) is 7.21. The third-order valence-corrected chi connectivity index (χ3v) is 9.12. The molecule has 0 radical (unpaired) electrons. The molecule has 38 heavy (non-hydrogen) atoms. The number of nitrogens with zero attached hydrogens (tertiary/aromatic N) is 2. The number of benzene rings is 4. The number of nitrogens with one attached hydrogen (secondary N) is 1. The summed E-state index contributed by atoms with van der Waals surface area (Å²) in [5.74, 6) is 0. The summed E-state index contributed by atoms with van der Waals surface area (Å²) in [6, 6.07) is 35.5. The number of aromatic amines is 1. The number of halogens is 1. The highest BCUT2D eigenvalue weighted by atomic mass is 35.5. The summed E-state index contributed by atoms with van der Waals surface area (Å²) in [4.78, 5) is 3.28. The second-order valence-corrected chi connectivity index (χ2v) is 11.6. The molecule has 0 amide bonds. The number of hydrogen-bond donors (Lipinski definition) is 1. The zero-order chi connectivity index (χ0) is 26.1. The van der Waals surface area contributed by atoms with E-state index in [4.69, 9.17) is 16.7 Å². The third-order valence-electron chi connectivity index (χ3n) is 6.77. The van der Waals surface area contributed by atoms with Crippen molar-refractivity contribution in [2.45, 2.75) is 16.2 Å². The van der Waals surface area contributed by atoms with Crippen LogP contribution < -0.4 is 5.01 Å². The van der Waals surface area contributed by atoms with Crippen LogP contribution in [-0.4, -0.2) is 24.4 Å². The maximum Gasteiger partial charge on any atom is 0.191 e. The Morgan fingerprint density at radius 3 is 1.97 bits per heavy atom. The Morgan fingerprint density at radius 1 is 0.711 bits per heavy atom. The Balaban J connectivity index is 1.58. The van der Waals surface area contributed by atoms with Crippen molar-refractivity contribution >= 4 is 32.8 Å². The zero-order valence-corrected chi connectivity index (χ0v) is 21.8. The normalized spacial score (nSPS) is 17.4. The SMILES string of the molecule is O=S(=O)(c1c[nH]cc1-c1ccccc1)C1C(c2ccc(Cl)cc2)=NN(c2ccccc2)C1c1ccccc1. The molecule has 4 aromatic carbocycles. The van der Waals surface area contributed by atoms with E-state index in [1.807, 2.05) is 108 Å². The van der Waals surface area contributed by atoms with Gasteiger partial charge in [0.25, 0.3) is 0 Å². The highest BCUT2D eigenvalue weighted by Gasteiger charge is 2.48. The summed E-state index contributed by atoms with van der Waals surface area (Å²) >= 11 is 6.19. The number of hydrogen-bond acceptors (Lipinski definition) is 4. The molecule has 6 rings (SSSR count). The number of anilines is 1. The number of H-pyrrole nitrogens is 1. The average Bonchev–Trinajstić information content (AvgIpc) is 3.62. The topological polar surface area (TPSA) is 65.5 Å². The Bertz CT molecular complexity index is 1680. The van der Waals surface area contributed by atoms with Crippen molar-refractivity contribution in [3.05, 3.63) is 144 Å². The maximum atomic E-state index is 14.7. The molecule has 5 nitrogen and oxygen atoms in total. The van der Waals surface area contributed by atoms with Crippen LogP contribution in [0.4, 0.5) is 5.69 Å².